The van der Waals surface area contributed by atoms with E-state index in [1.165, 1.54) is 12.3 Å². The first kappa shape index (κ1) is 15.2. The van der Waals surface area contributed by atoms with Crippen LogP contribution in [0, 0.1) is 0 Å². The van der Waals surface area contributed by atoms with Gasteiger partial charge >= 0.3 is 11.9 Å². The molecule has 1 saturated heterocycles. The molecule has 0 aliphatic carbocycles. The topological polar surface area (TPSA) is 93.1 Å². The Morgan fingerprint density at radius 2 is 2.00 bits per heavy atom. The molecule has 0 saturated carbocycles. The fraction of sp³-hybridized carbons (Fsp3) is 0.538. The first-order valence-corrected chi connectivity index (χ1v) is 6.14. The highest BCUT2D eigenvalue weighted by atomic mass is 16.5. The van der Waals surface area contributed by atoms with Gasteiger partial charge in [0.25, 0.3) is 0 Å². The van der Waals surface area contributed by atoms with Crippen molar-refractivity contribution < 1.29 is 29.3 Å². The minimum atomic E-state index is -0.962. The zero-order valence-corrected chi connectivity index (χ0v) is 10.5. The molecule has 2 unspecified atom stereocenters. The molecular formula is C13H18O6. The maximum absolute atomic E-state index is 10.2. The highest BCUT2D eigenvalue weighted by molar-refractivity contribution is 5.75. The van der Waals surface area contributed by atoms with Gasteiger partial charge < -0.3 is 19.7 Å². The Kier molecular flexibility index (Phi) is 6.67. The van der Waals surface area contributed by atoms with Crippen LogP contribution in [-0.4, -0.2) is 41.0 Å². The molecule has 1 fully saturated rings. The van der Waals surface area contributed by atoms with Crippen LogP contribution in [0.5, 0.6) is 0 Å². The predicted octanol–water partition coefficient (Wildman–Crippen LogP) is 1.57. The highest BCUT2D eigenvalue weighted by Gasteiger charge is 2.16. The molecule has 0 radical (unpaired) electrons. The van der Waals surface area contributed by atoms with E-state index in [9.17, 15) is 9.59 Å². The van der Waals surface area contributed by atoms with Crippen LogP contribution < -0.4 is 0 Å². The number of hydrogen-bond donors (Lipinski definition) is 2. The largest absolute Gasteiger partial charge is 0.482 e. The van der Waals surface area contributed by atoms with E-state index in [1.54, 1.807) is 12.2 Å². The number of hydrogen-bond acceptors (Lipinski definition) is 4. The second-order valence-electron chi connectivity index (χ2n) is 4.19. The summed E-state index contributed by atoms with van der Waals surface area (Å²) in [5.74, 6) is -1.72. The van der Waals surface area contributed by atoms with Gasteiger partial charge in [-0.05, 0) is 31.4 Å². The number of ether oxygens (including phenoxy) is 2. The number of allylic oxidation sites excluding steroid dienone is 2. The lowest BCUT2D eigenvalue weighted by Crippen LogP contribution is -2.21. The van der Waals surface area contributed by atoms with Crippen LogP contribution in [0.15, 0.2) is 24.5 Å². The first-order chi connectivity index (χ1) is 9.09. The van der Waals surface area contributed by atoms with Gasteiger partial charge in [-0.1, -0.05) is 6.08 Å². The summed E-state index contributed by atoms with van der Waals surface area (Å²) in [5.41, 5.74) is 0. The van der Waals surface area contributed by atoms with Crippen LogP contribution >= 0.6 is 0 Å². The minimum absolute atomic E-state index is 0.0220. The molecule has 0 aromatic rings. The summed E-state index contributed by atoms with van der Waals surface area (Å²) in [6.45, 7) is 0.734. The second kappa shape index (κ2) is 8.31. The molecule has 0 aromatic heterocycles. The van der Waals surface area contributed by atoms with Gasteiger partial charge in [0, 0.05) is 6.61 Å². The van der Waals surface area contributed by atoms with Crippen molar-refractivity contribution in [2.24, 2.45) is 0 Å². The minimum Gasteiger partial charge on any atom is -0.482 e. The smallest absolute Gasteiger partial charge is 0.349 e. The van der Waals surface area contributed by atoms with E-state index in [-0.39, 0.29) is 12.5 Å². The monoisotopic (exact) mass is 270 g/mol. The molecule has 0 aromatic carbocycles. The van der Waals surface area contributed by atoms with Crippen molar-refractivity contribution in [3.63, 3.8) is 0 Å². The lowest BCUT2D eigenvalue weighted by Gasteiger charge is -2.20. The van der Waals surface area contributed by atoms with Crippen LogP contribution in [-0.2, 0) is 19.1 Å². The predicted molar refractivity (Wildman–Crippen MR) is 66.6 cm³/mol. The molecule has 2 aliphatic rings. The van der Waals surface area contributed by atoms with E-state index in [4.69, 9.17) is 14.9 Å². The van der Waals surface area contributed by atoms with Crippen molar-refractivity contribution >= 4 is 11.9 Å². The van der Waals surface area contributed by atoms with Gasteiger partial charge in [-0.15, -0.1) is 0 Å². The standard InChI is InChI=1S/C7H12O3.C6H6O3/c8-7(9)5-6-3-1-2-4-10-6;7-6(8)5-3-1-2-4-9-5/h6H,1-5H2,(H,8,9);1-5H,(H,7,8). The van der Waals surface area contributed by atoms with Gasteiger partial charge in [-0.25, -0.2) is 4.79 Å². The van der Waals surface area contributed by atoms with Crippen molar-refractivity contribution in [1.29, 1.82) is 0 Å². The first-order valence-electron chi connectivity index (χ1n) is 6.14. The van der Waals surface area contributed by atoms with Gasteiger partial charge in [-0.3, -0.25) is 4.79 Å². The molecule has 6 heteroatoms. The van der Waals surface area contributed by atoms with Crippen LogP contribution in [0.2, 0.25) is 0 Å². The Hall–Kier alpha value is -1.82. The molecule has 0 amide bonds. The third-order valence-electron chi connectivity index (χ3n) is 2.62. The third-order valence-corrected chi connectivity index (χ3v) is 2.62. The van der Waals surface area contributed by atoms with Crippen molar-refractivity contribution in [2.75, 3.05) is 6.61 Å². The quantitative estimate of drug-likeness (QED) is 0.808. The van der Waals surface area contributed by atoms with Gasteiger partial charge in [0.15, 0.2) is 0 Å². The van der Waals surface area contributed by atoms with Crippen molar-refractivity contribution in [2.45, 2.75) is 37.9 Å². The molecule has 2 rings (SSSR count). The fourth-order valence-electron chi connectivity index (χ4n) is 1.69. The van der Waals surface area contributed by atoms with E-state index in [1.807, 2.05) is 0 Å². The van der Waals surface area contributed by atoms with Gasteiger partial charge in [0.2, 0.25) is 6.10 Å². The molecule has 19 heavy (non-hydrogen) atoms. The molecule has 0 spiro atoms. The molecule has 6 nitrogen and oxygen atoms in total. The van der Waals surface area contributed by atoms with Crippen LogP contribution in [0.4, 0.5) is 0 Å². The Labute approximate surface area is 111 Å². The maximum Gasteiger partial charge on any atom is 0.349 e. The second-order valence-corrected chi connectivity index (χ2v) is 4.19. The summed E-state index contributed by atoms with van der Waals surface area (Å²) in [7, 11) is 0. The van der Waals surface area contributed by atoms with E-state index in [2.05, 4.69) is 4.74 Å². The van der Waals surface area contributed by atoms with Crippen LogP contribution in [0.3, 0.4) is 0 Å². The van der Waals surface area contributed by atoms with E-state index < -0.39 is 18.0 Å². The summed E-state index contributed by atoms with van der Waals surface area (Å²) >= 11 is 0. The fourth-order valence-corrected chi connectivity index (χ4v) is 1.69. The Balaban J connectivity index is 0.000000191. The average molecular weight is 270 g/mol. The van der Waals surface area contributed by atoms with Crippen LogP contribution in [0.1, 0.15) is 25.7 Å². The zero-order chi connectivity index (χ0) is 14.1. The third kappa shape index (κ3) is 6.61. The molecule has 106 valence electrons. The summed E-state index contributed by atoms with van der Waals surface area (Å²) in [6.07, 6.45) is 8.56. The average Bonchev–Trinajstić information content (AvgIpc) is 2.41. The van der Waals surface area contributed by atoms with E-state index in [0.717, 1.165) is 25.9 Å². The summed E-state index contributed by atoms with van der Waals surface area (Å²) in [5, 5.41) is 16.7. The van der Waals surface area contributed by atoms with Crippen molar-refractivity contribution in [3.05, 3.63) is 24.5 Å². The number of carbonyl (C=O) groups is 2. The van der Waals surface area contributed by atoms with Gasteiger partial charge in [0.1, 0.15) is 0 Å². The van der Waals surface area contributed by atoms with Crippen molar-refractivity contribution in [1.82, 2.24) is 0 Å². The summed E-state index contributed by atoms with van der Waals surface area (Å²) < 4.78 is 9.88. The number of carboxylic acids is 2. The maximum atomic E-state index is 10.2. The number of aliphatic carboxylic acids is 2. The van der Waals surface area contributed by atoms with Gasteiger partial charge in [-0.2, -0.15) is 0 Å². The van der Waals surface area contributed by atoms with Gasteiger partial charge in [0.05, 0.1) is 18.8 Å². The number of carboxylic acid groups (broad SMARTS) is 2. The lowest BCUT2D eigenvalue weighted by atomic mass is 10.1. The van der Waals surface area contributed by atoms with E-state index in [0.29, 0.717) is 0 Å². The molecule has 2 heterocycles. The summed E-state index contributed by atoms with van der Waals surface area (Å²) in [4.78, 5) is 20.3. The normalized spacial score (nSPS) is 24.8. The molecule has 0 bridgehead atoms. The van der Waals surface area contributed by atoms with E-state index >= 15 is 0 Å². The Bertz CT molecular complexity index is 354. The molecular weight excluding hydrogens is 252 g/mol. The molecule has 2 atom stereocenters. The number of rotatable bonds is 3. The Morgan fingerprint density at radius 1 is 1.21 bits per heavy atom. The molecule has 2 N–H and O–H groups in total. The molecule has 2 aliphatic heterocycles. The van der Waals surface area contributed by atoms with Crippen molar-refractivity contribution in [3.8, 4) is 0 Å². The SMILES string of the molecule is O=C(O)C1C=CC=CO1.O=C(O)CC1CCCCO1. The lowest BCUT2D eigenvalue weighted by molar-refractivity contribution is -0.144. The van der Waals surface area contributed by atoms with Crippen LogP contribution in [0.25, 0.3) is 0 Å². The Morgan fingerprint density at radius 3 is 2.42 bits per heavy atom. The zero-order valence-electron chi connectivity index (χ0n) is 10.5. The highest BCUT2D eigenvalue weighted by Crippen LogP contribution is 2.14. The summed E-state index contributed by atoms with van der Waals surface area (Å²) in [6, 6.07) is 0.